The van der Waals surface area contributed by atoms with E-state index in [9.17, 15) is 29.4 Å². The van der Waals surface area contributed by atoms with Crippen molar-refractivity contribution in [1.29, 1.82) is 0 Å². The third-order valence-electron chi connectivity index (χ3n) is 11.5. The molecule has 0 aliphatic rings. The van der Waals surface area contributed by atoms with Crippen LogP contribution >= 0.6 is 0 Å². The maximum atomic E-state index is 11.4. The number of rotatable bonds is 40. The van der Waals surface area contributed by atoms with Crippen LogP contribution in [0.3, 0.4) is 0 Å². The molecule has 0 fully saturated rings. The van der Waals surface area contributed by atoms with Gasteiger partial charge in [-0.2, -0.15) is 0 Å². The molecular formula is C54H86BaO10. The quantitative estimate of drug-likeness (QED) is 0.0358. The Morgan fingerprint density at radius 3 is 0.985 bits per heavy atom. The second-order valence-corrected chi connectivity index (χ2v) is 17.5. The fourth-order valence-electron chi connectivity index (χ4n) is 7.89. The zero-order chi connectivity index (χ0) is 46.9. The smallest absolute Gasteiger partial charge is 0.550 e. The zero-order valence-electron chi connectivity index (χ0n) is 41.1. The molecule has 0 aromatic heterocycles. The van der Waals surface area contributed by atoms with Gasteiger partial charge in [-0.3, -0.25) is 9.59 Å². The molecule has 0 bridgehead atoms. The molecule has 0 heterocycles. The number of carboxylic acids is 2. The van der Waals surface area contributed by atoms with Crippen LogP contribution < -0.4 is 10.2 Å². The molecule has 0 amide bonds. The molecule has 0 saturated heterocycles. The first-order valence-corrected chi connectivity index (χ1v) is 25.1. The molecule has 65 heavy (non-hydrogen) atoms. The van der Waals surface area contributed by atoms with Gasteiger partial charge in [-0.05, 0) is 114 Å². The number of hydrogen-bond donors (Lipinski definition) is 0. The van der Waals surface area contributed by atoms with Crippen LogP contribution in [-0.4, -0.2) is 97.2 Å². The fraction of sp³-hybridized carbons (Fsp3) is 0.704. The summed E-state index contributed by atoms with van der Waals surface area (Å²) in [4.78, 5) is 43.7. The van der Waals surface area contributed by atoms with Crippen LogP contribution in [0.1, 0.15) is 219 Å². The van der Waals surface area contributed by atoms with Crippen LogP contribution in [0, 0.1) is 0 Å². The Bertz CT molecular complexity index is 1320. The number of aliphatic carboxylic acids is 2. The molecule has 0 N–H and O–H groups in total. The SMILES string of the molecule is CCCCC(CCCCCC(CCCCCCC(=O)[O-])OC(C)=O)OCc1ccccc1.CCCCC(CCCCCC(CCCCCCC(=O)[O-])OC(C)=O)OCc1ccccc1.[Ba+2]. The third-order valence-corrected chi connectivity index (χ3v) is 11.5. The van der Waals surface area contributed by atoms with Crippen molar-refractivity contribution in [3.63, 3.8) is 0 Å². The monoisotopic (exact) mass is 1030 g/mol. The maximum Gasteiger partial charge on any atom is 2.00 e. The van der Waals surface area contributed by atoms with E-state index in [1.807, 2.05) is 36.4 Å². The van der Waals surface area contributed by atoms with Crippen molar-refractivity contribution in [2.24, 2.45) is 0 Å². The molecule has 2 rings (SSSR count). The Labute approximate surface area is 434 Å². The summed E-state index contributed by atoms with van der Waals surface area (Å²) in [5.74, 6) is -2.41. The predicted octanol–water partition coefficient (Wildman–Crippen LogP) is 11.1. The number of esters is 2. The molecule has 4 atom stereocenters. The van der Waals surface area contributed by atoms with Crippen molar-refractivity contribution in [2.75, 3.05) is 0 Å². The fourth-order valence-corrected chi connectivity index (χ4v) is 7.89. The van der Waals surface area contributed by atoms with E-state index in [0.717, 1.165) is 128 Å². The van der Waals surface area contributed by atoms with Gasteiger partial charge < -0.3 is 38.7 Å². The first-order chi connectivity index (χ1) is 31.0. The molecule has 11 heteroatoms. The maximum absolute atomic E-state index is 11.4. The Hall–Kier alpha value is -2.19. The molecule has 4 unspecified atom stereocenters. The topological polar surface area (TPSA) is 151 Å². The van der Waals surface area contributed by atoms with Crippen LogP contribution in [0.5, 0.6) is 0 Å². The van der Waals surface area contributed by atoms with Crippen molar-refractivity contribution in [2.45, 2.75) is 245 Å². The molecule has 0 saturated carbocycles. The van der Waals surface area contributed by atoms with Crippen LogP contribution in [-0.2, 0) is 51.3 Å². The Kier molecular flexibility index (Phi) is 42.8. The first-order valence-electron chi connectivity index (χ1n) is 25.1. The van der Waals surface area contributed by atoms with Gasteiger partial charge in [-0.1, -0.05) is 152 Å². The van der Waals surface area contributed by atoms with Gasteiger partial charge in [0.2, 0.25) is 0 Å². The standard InChI is InChI=1S/2C27H44O5.Ba/c2*1-3-4-17-25(31-22-24-15-9-7-10-16-24)18-12-8-13-20-26(32-23(2)28)19-11-5-6-14-21-27(29)30;/h2*7,9-10,15-16,25-26H,3-6,8,11-14,17-22H2,1-2H3,(H,29,30);/q;;+2/p-2. The number of benzene rings is 2. The molecule has 0 spiro atoms. The normalized spacial score (nSPS) is 12.7. The van der Waals surface area contributed by atoms with Crippen molar-refractivity contribution in [3.8, 4) is 0 Å². The van der Waals surface area contributed by atoms with Gasteiger partial charge in [0.1, 0.15) is 12.2 Å². The molecule has 2 aromatic carbocycles. The summed E-state index contributed by atoms with van der Waals surface area (Å²) in [5, 5.41) is 20.9. The molecular weight excluding hydrogens is 946 g/mol. The summed E-state index contributed by atoms with van der Waals surface area (Å²) in [6.07, 6.45) is 26.9. The van der Waals surface area contributed by atoms with Gasteiger partial charge in [0.15, 0.2) is 0 Å². The summed E-state index contributed by atoms with van der Waals surface area (Å²) in [6.45, 7) is 8.71. The van der Waals surface area contributed by atoms with Crippen molar-refractivity contribution in [3.05, 3.63) is 71.8 Å². The predicted molar refractivity (Wildman–Crippen MR) is 258 cm³/mol. The number of hydrogen-bond acceptors (Lipinski definition) is 10. The Balaban J connectivity index is 0.00000124. The van der Waals surface area contributed by atoms with Gasteiger partial charge in [-0.25, -0.2) is 0 Å². The largest absolute Gasteiger partial charge is 2.00 e. The van der Waals surface area contributed by atoms with Crippen molar-refractivity contribution >= 4 is 72.8 Å². The summed E-state index contributed by atoms with van der Waals surface area (Å²) in [5.41, 5.74) is 2.44. The summed E-state index contributed by atoms with van der Waals surface area (Å²) >= 11 is 0. The molecule has 0 radical (unpaired) electrons. The van der Waals surface area contributed by atoms with Crippen LogP contribution in [0.4, 0.5) is 0 Å². The van der Waals surface area contributed by atoms with Gasteiger partial charge in [0, 0.05) is 25.8 Å². The van der Waals surface area contributed by atoms with E-state index < -0.39 is 11.9 Å². The second kappa shape index (κ2) is 44.3. The number of carbonyl (C=O) groups excluding carboxylic acids is 4. The number of ether oxygens (including phenoxy) is 4. The number of carboxylic acid groups (broad SMARTS) is 2. The van der Waals surface area contributed by atoms with E-state index in [1.54, 1.807) is 0 Å². The molecule has 364 valence electrons. The minimum Gasteiger partial charge on any atom is -0.550 e. The third kappa shape index (κ3) is 40.6. The van der Waals surface area contributed by atoms with Gasteiger partial charge in [0.05, 0.1) is 25.4 Å². The van der Waals surface area contributed by atoms with E-state index >= 15 is 0 Å². The molecule has 2 aromatic rings. The van der Waals surface area contributed by atoms with Gasteiger partial charge >= 0.3 is 60.8 Å². The van der Waals surface area contributed by atoms with Gasteiger partial charge in [-0.15, -0.1) is 0 Å². The Morgan fingerprint density at radius 2 is 0.692 bits per heavy atom. The van der Waals surface area contributed by atoms with E-state index in [0.29, 0.717) is 38.3 Å². The number of carbonyl (C=O) groups is 4. The van der Waals surface area contributed by atoms with Crippen LogP contribution in [0.25, 0.3) is 0 Å². The second-order valence-electron chi connectivity index (χ2n) is 17.5. The average molecular weight is 1030 g/mol. The van der Waals surface area contributed by atoms with E-state index in [2.05, 4.69) is 38.1 Å². The Morgan fingerprint density at radius 1 is 0.415 bits per heavy atom. The summed E-state index contributed by atoms with van der Waals surface area (Å²) in [7, 11) is 0. The van der Waals surface area contributed by atoms with Crippen molar-refractivity contribution in [1.82, 2.24) is 0 Å². The van der Waals surface area contributed by atoms with Crippen LogP contribution in [0.15, 0.2) is 60.7 Å². The number of unbranched alkanes of at least 4 members (excludes halogenated alkanes) is 12. The molecule has 0 aliphatic carbocycles. The molecule has 0 aliphatic heterocycles. The van der Waals surface area contributed by atoms with Crippen molar-refractivity contribution < 1.29 is 48.3 Å². The van der Waals surface area contributed by atoms with E-state index in [4.69, 9.17) is 18.9 Å². The van der Waals surface area contributed by atoms with E-state index in [-0.39, 0.29) is 85.9 Å². The average Bonchev–Trinajstić information content (AvgIpc) is 3.27. The molecule has 10 nitrogen and oxygen atoms in total. The van der Waals surface area contributed by atoms with Gasteiger partial charge in [0.25, 0.3) is 0 Å². The zero-order valence-corrected chi connectivity index (χ0v) is 45.5. The van der Waals surface area contributed by atoms with Crippen LogP contribution in [0.2, 0.25) is 0 Å². The first kappa shape index (κ1) is 62.8. The van der Waals surface area contributed by atoms with E-state index in [1.165, 1.54) is 50.7 Å². The summed E-state index contributed by atoms with van der Waals surface area (Å²) in [6, 6.07) is 20.7. The minimum atomic E-state index is -0.981. The summed E-state index contributed by atoms with van der Waals surface area (Å²) < 4.78 is 23.4. The minimum absolute atomic E-state index is 0.